The van der Waals surface area contributed by atoms with Crippen LogP contribution in [0.5, 0.6) is 5.75 Å². The van der Waals surface area contributed by atoms with E-state index in [4.69, 9.17) is 9.47 Å². The van der Waals surface area contributed by atoms with Crippen LogP contribution in [-0.2, 0) is 4.74 Å². The molecule has 0 amide bonds. The van der Waals surface area contributed by atoms with Crippen LogP contribution < -0.4 is 4.74 Å². The van der Waals surface area contributed by atoms with Crippen LogP contribution in [0.25, 0.3) is 0 Å². The molecule has 0 fully saturated rings. The van der Waals surface area contributed by atoms with Crippen LogP contribution in [0.4, 0.5) is 4.39 Å². The summed E-state index contributed by atoms with van der Waals surface area (Å²) >= 11 is 0. The van der Waals surface area contributed by atoms with E-state index in [1.54, 1.807) is 45.0 Å². The van der Waals surface area contributed by atoms with E-state index in [0.29, 0.717) is 17.7 Å². The fourth-order valence-electron chi connectivity index (χ4n) is 1.76. The molecule has 1 aromatic carbocycles. The molecule has 0 bridgehead atoms. The molecule has 3 nitrogen and oxygen atoms in total. The molecule has 0 aliphatic rings. The molecule has 0 spiro atoms. The summed E-state index contributed by atoms with van der Waals surface area (Å²) in [5.41, 5.74) is -0.283. The third-order valence-corrected chi connectivity index (χ3v) is 2.79. The minimum absolute atomic E-state index is 0.177. The maximum absolute atomic E-state index is 13.6. The molecule has 0 saturated heterocycles. The van der Waals surface area contributed by atoms with E-state index in [0.717, 1.165) is 12.8 Å². The van der Waals surface area contributed by atoms with E-state index in [1.165, 1.54) is 6.08 Å². The number of para-hydroxylation sites is 1. The van der Waals surface area contributed by atoms with Crippen LogP contribution in [0.2, 0.25) is 0 Å². The van der Waals surface area contributed by atoms with Crippen molar-refractivity contribution >= 4 is 5.97 Å². The van der Waals surface area contributed by atoms with Gasteiger partial charge in [0.1, 0.15) is 29.3 Å². The van der Waals surface area contributed by atoms with Gasteiger partial charge in [-0.2, -0.15) is 0 Å². The Bertz CT molecular complexity index is 515. The second-order valence-corrected chi connectivity index (χ2v) is 6.08. The number of unbranched alkanes of at least 4 members (excludes halogenated alkanes) is 2. The van der Waals surface area contributed by atoms with Gasteiger partial charge in [-0.05, 0) is 51.8 Å². The topological polar surface area (TPSA) is 35.5 Å². The predicted molar refractivity (Wildman–Crippen MR) is 85.8 cm³/mol. The van der Waals surface area contributed by atoms with Crippen LogP contribution in [-0.4, -0.2) is 18.2 Å². The van der Waals surface area contributed by atoms with Gasteiger partial charge in [0.25, 0.3) is 0 Å². The Morgan fingerprint density at radius 2 is 1.95 bits per heavy atom. The number of ether oxygens (including phenoxy) is 2. The normalized spacial score (nSPS) is 12.1. The number of carbonyl (C=O) groups is 1. The highest BCUT2D eigenvalue weighted by molar-refractivity contribution is 5.92. The van der Waals surface area contributed by atoms with E-state index in [1.807, 2.05) is 0 Å². The highest BCUT2D eigenvalue weighted by Crippen LogP contribution is 2.22. The Labute approximate surface area is 132 Å². The van der Waals surface area contributed by atoms with Crippen molar-refractivity contribution in [2.24, 2.45) is 0 Å². The summed E-state index contributed by atoms with van der Waals surface area (Å²) in [5.74, 6) is -0.471. The second-order valence-electron chi connectivity index (χ2n) is 6.08. The Hall–Kier alpha value is -1.84. The number of halogens is 1. The lowest BCUT2D eigenvalue weighted by Crippen LogP contribution is -2.24. The molecule has 0 aliphatic heterocycles. The molecule has 0 aromatic heterocycles. The smallest absolute Gasteiger partial charge is 0.342 e. The molecule has 0 unspecified atom stereocenters. The van der Waals surface area contributed by atoms with Gasteiger partial charge in [0.2, 0.25) is 0 Å². The van der Waals surface area contributed by atoms with Crippen molar-refractivity contribution in [2.45, 2.75) is 52.6 Å². The van der Waals surface area contributed by atoms with Crippen molar-refractivity contribution in [3.05, 3.63) is 41.7 Å². The molecule has 22 heavy (non-hydrogen) atoms. The maximum atomic E-state index is 13.6. The third kappa shape index (κ3) is 6.74. The summed E-state index contributed by atoms with van der Waals surface area (Å²) in [5, 5.41) is 0. The van der Waals surface area contributed by atoms with Crippen LogP contribution >= 0.6 is 0 Å². The van der Waals surface area contributed by atoms with Crippen molar-refractivity contribution < 1.29 is 18.7 Å². The third-order valence-electron chi connectivity index (χ3n) is 2.79. The molecular formula is C18H25FO3. The number of allylic oxidation sites excluding steroid dienone is 1. The zero-order chi connectivity index (χ0) is 16.6. The maximum Gasteiger partial charge on any atom is 0.342 e. The van der Waals surface area contributed by atoms with Crippen molar-refractivity contribution in [1.29, 1.82) is 0 Å². The van der Waals surface area contributed by atoms with Gasteiger partial charge in [-0.15, -0.1) is 0 Å². The molecule has 0 heterocycles. The molecule has 1 rings (SSSR count). The number of hydrogen-bond acceptors (Lipinski definition) is 3. The number of carbonyl (C=O) groups excluding carboxylic acids is 1. The number of esters is 1. The average molecular weight is 308 g/mol. The van der Waals surface area contributed by atoms with Crippen LogP contribution in [0.15, 0.2) is 36.2 Å². The first-order valence-corrected chi connectivity index (χ1v) is 7.63. The summed E-state index contributed by atoms with van der Waals surface area (Å²) in [6.07, 6.45) is 4.19. The molecular weight excluding hydrogens is 283 g/mol. The Morgan fingerprint density at radius 1 is 1.27 bits per heavy atom. The van der Waals surface area contributed by atoms with Crippen molar-refractivity contribution in [1.82, 2.24) is 0 Å². The molecule has 0 saturated carbocycles. The van der Waals surface area contributed by atoms with Crippen LogP contribution in [0, 0.1) is 0 Å². The first kappa shape index (κ1) is 18.2. The molecule has 4 heteroatoms. The van der Waals surface area contributed by atoms with Gasteiger partial charge in [-0.3, -0.25) is 0 Å². The van der Waals surface area contributed by atoms with Crippen molar-refractivity contribution in [3.8, 4) is 5.75 Å². The highest BCUT2D eigenvalue weighted by Gasteiger charge is 2.20. The lowest BCUT2D eigenvalue weighted by Gasteiger charge is -2.20. The summed E-state index contributed by atoms with van der Waals surface area (Å²) in [7, 11) is 0. The Kier molecular flexibility index (Phi) is 7.09. The van der Waals surface area contributed by atoms with Gasteiger partial charge in [0, 0.05) is 0 Å². The van der Waals surface area contributed by atoms with Gasteiger partial charge in [-0.25, -0.2) is 9.18 Å². The largest absolute Gasteiger partial charge is 0.486 e. The average Bonchev–Trinajstić information content (AvgIpc) is 2.44. The van der Waals surface area contributed by atoms with E-state index >= 15 is 0 Å². The Balaban J connectivity index is 2.72. The SMILES string of the molecule is CCCC/C=C(/F)COc1ccccc1C(=O)OC(C)(C)C. The van der Waals surface area contributed by atoms with Gasteiger partial charge in [-0.1, -0.05) is 25.5 Å². The second kappa shape index (κ2) is 8.57. The molecule has 0 aliphatic carbocycles. The summed E-state index contributed by atoms with van der Waals surface area (Å²) in [6.45, 7) is 7.27. The van der Waals surface area contributed by atoms with E-state index in [9.17, 15) is 9.18 Å². The first-order valence-electron chi connectivity index (χ1n) is 7.63. The predicted octanol–water partition coefficient (Wildman–Crippen LogP) is 5.06. The molecule has 1 aromatic rings. The molecule has 122 valence electrons. The zero-order valence-corrected chi connectivity index (χ0v) is 13.8. The quantitative estimate of drug-likeness (QED) is 0.521. The first-order chi connectivity index (χ1) is 10.3. The van der Waals surface area contributed by atoms with Gasteiger partial charge >= 0.3 is 5.97 Å². The minimum atomic E-state index is -0.588. The summed E-state index contributed by atoms with van der Waals surface area (Å²) in [4.78, 5) is 12.1. The van der Waals surface area contributed by atoms with Crippen LogP contribution in [0.3, 0.4) is 0 Å². The summed E-state index contributed by atoms with van der Waals surface area (Å²) < 4.78 is 24.4. The number of rotatable bonds is 7. The molecule has 0 atom stereocenters. The Morgan fingerprint density at radius 3 is 2.59 bits per heavy atom. The molecule has 0 N–H and O–H groups in total. The minimum Gasteiger partial charge on any atom is -0.486 e. The van der Waals surface area contributed by atoms with Gasteiger partial charge in [0.15, 0.2) is 0 Å². The van der Waals surface area contributed by atoms with Crippen molar-refractivity contribution in [3.63, 3.8) is 0 Å². The van der Waals surface area contributed by atoms with E-state index < -0.39 is 11.6 Å². The van der Waals surface area contributed by atoms with Crippen molar-refractivity contribution in [2.75, 3.05) is 6.61 Å². The van der Waals surface area contributed by atoms with Gasteiger partial charge in [0.05, 0.1) is 0 Å². The fraction of sp³-hybridized carbons (Fsp3) is 0.500. The summed E-state index contributed by atoms with van der Waals surface area (Å²) in [6, 6.07) is 6.71. The monoisotopic (exact) mass is 308 g/mol. The standard InChI is InChI=1S/C18H25FO3/c1-5-6-7-10-14(19)13-21-16-12-9-8-11-15(16)17(20)22-18(2,3)4/h8-12H,5-7,13H2,1-4H3/b14-10+. The number of benzene rings is 1. The highest BCUT2D eigenvalue weighted by atomic mass is 19.1. The fourth-order valence-corrected chi connectivity index (χ4v) is 1.76. The van der Waals surface area contributed by atoms with E-state index in [-0.39, 0.29) is 12.4 Å². The van der Waals surface area contributed by atoms with Crippen LogP contribution in [0.1, 0.15) is 57.3 Å². The number of hydrogen-bond donors (Lipinski definition) is 0. The van der Waals surface area contributed by atoms with Gasteiger partial charge < -0.3 is 9.47 Å². The lowest BCUT2D eigenvalue weighted by atomic mass is 10.1. The lowest BCUT2D eigenvalue weighted by molar-refractivity contribution is 0.00658. The zero-order valence-electron chi connectivity index (χ0n) is 13.8. The van der Waals surface area contributed by atoms with E-state index in [2.05, 4.69) is 6.92 Å². The molecule has 0 radical (unpaired) electrons.